The van der Waals surface area contributed by atoms with Gasteiger partial charge in [0.1, 0.15) is 5.75 Å². The number of piperazine rings is 1. The maximum absolute atomic E-state index is 11.4. The number of aliphatic imine (C=N–C) groups is 1. The number of ether oxygens (including phenoxy) is 1. The molecule has 1 aromatic carbocycles. The number of guanidine groups is 1. The summed E-state index contributed by atoms with van der Waals surface area (Å²) in [4.78, 5) is 20.3. The number of benzene rings is 1. The van der Waals surface area contributed by atoms with Crippen LogP contribution in [-0.2, 0) is 11.2 Å². The molecule has 0 saturated carbocycles. The normalized spacial score (nSPS) is 14.8. The maximum atomic E-state index is 11.4. The van der Waals surface area contributed by atoms with Crippen molar-refractivity contribution in [1.82, 2.24) is 15.1 Å². The lowest BCUT2D eigenvalue weighted by molar-refractivity contribution is -0.130. The van der Waals surface area contributed by atoms with Crippen LogP contribution in [0.3, 0.4) is 0 Å². The highest BCUT2D eigenvalue weighted by atomic mass is 127. The molecular formula is C18H29IN4O2. The number of para-hydroxylation sites is 1. The van der Waals surface area contributed by atoms with Crippen LogP contribution in [0.4, 0.5) is 0 Å². The molecule has 25 heavy (non-hydrogen) atoms. The second kappa shape index (κ2) is 11.2. The number of amides is 1. The third-order valence-corrected chi connectivity index (χ3v) is 4.19. The van der Waals surface area contributed by atoms with Crippen molar-refractivity contribution >= 4 is 35.8 Å². The van der Waals surface area contributed by atoms with Gasteiger partial charge in [-0.05, 0) is 25.0 Å². The Bertz CT molecular complexity index is 572. The summed E-state index contributed by atoms with van der Waals surface area (Å²) in [5, 5.41) is 3.35. The van der Waals surface area contributed by atoms with Crippen molar-refractivity contribution in [3.63, 3.8) is 0 Å². The van der Waals surface area contributed by atoms with Crippen molar-refractivity contribution in [2.75, 3.05) is 46.4 Å². The van der Waals surface area contributed by atoms with Gasteiger partial charge in [0.25, 0.3) is 0 Å². The molecule has 0 bridgehead atoms. The Morgan fingerprint density at radius 3 is 2.44 bits per heavy atom. The van der Waals surface area contributed by atoms with Crippen LogP contribution in [-0.4, -0.2) is 68.0 Å². The predicted octanol–water partition coefficient (Wildman–Crippen LogP) is 1.99. The second-order valence-corrected chi connectivity index (χ2v) is 5.79. The fraction of sp³-hybridized carbons (Fsp3) is 0.556. The standard InChI is InChI=1S/C18H28N4O2.HI/c1-4-19-18(22-13-11-21(12-14-22)15(2)23)20-10-9-16-7-5-6-8-17(16)24-3;/h5-8H,4,9-14H2,1-3H3,(H,19,20);1H. The Labute approximate surface area is 167 Å². The molecule has 140 valence electrons. The van der Waals surface area contributed by atoms with E-state index in [1.165, 1.54) is 5.56 Å². The predicted molar refractivity (Wildman–Crippen MR) is 112 cm³/mol. The quantitative estimate of drug-likeness (QED) is 0.415. The first-order valence-electron chi connectivity index (χ1n) is 8.56. The van der Waals surface area contributed by atoms with Gasteiger partial charge in [-0.1, -0.05) is 18.2 Å². The summed E-state index contributed by atoms with van der Waals surface area (Å²) in [6.07, 6.45) is 0.840. The summed E-state index contributed by atoms with van der Waals surface area (Å²) in [5.74, 6) is 1.98. The molecule has 1 aromatic rings. The highest BCUT2D eigenvalue weighted by Gasteiger charge is 2.20. The molecule has 0 aliphatic carbocycles. The smallest absolute Gasteiger partial charge is 0.219 e. The zero-order valence-electron chi connectivity index (χ0n) is 15.3. The number of hydrogen-bond acceptors (Lipinski definition) is 3. The van der Waals surface area contributed by atoms with Gasteiger partial charge in [-0.25, -0.2) is 0 Å². The van der Waals surface area contributed by atoms with Crippen LogP contribution < -0.4 is 10.1 Å². The molecule has 1 N–H and O–H groups in total. The first kappa shape index (κ1) is 21.5. The molecule has 6 nitrogen and oxygen atoms in total. The Hall–Kier alpha value is -1.51. The van der Waals surface area contributed by atoms with Gasteiger partial charge in [0.15, 0.2) is 5.96 Å². The lowest BCUT2D eigenvalue weighted by Crippen LogP contribution is -2.53. The summed E-state index contributed by atoms with van der Waals surface area (Å²) in [6, 6.07) is 8.05. The van der Waals surface area contributed by atoms with Crippen molar-refractivity contribution in [3.05, 3.63) is 29.8 Å². The van der Waals surface area contributed by atoms with E-state index < -0.39 is 0 Å². The fourth-order valence-electron chi connectivity index (χ4n) is 2.85. The van der Waals surface area contributed by atoms with E-state index in [1.807, 2.05) is 23.1 Å². The average Bonchev–Trinajstić information content (AvgIpc) is 2.61. The largest absolute Gasteiger partial charge is 0.496 e. The molecule has 2 rings (SSSR count). The highest BCUT2D eigenvalue weighted by Crippen LogP contribution is 2.17. The Balaban J connectivity index is 0.00000312. The van der Waals surface area contributed by atoms with Gasteiger partial charge in [-0.15, -0.1) is 24.0 Å². The average molecular weight is 460 g/mol. The second-order valence-electron chi connectivity index (χ2n) is 5.79. The Morgan fingerprint density at radius 1 is 1.20 bits per heavy atom. The lowest BCUT2D eigenvalue weighted by atomic mass is 10.1. The minimum Gasteiger partial charge on any atom is -0.496 e. The molecule has 1 aliphatic heterocycles. The summed E-state index contributed by atoms with van der Waals surface area (Å²) < 4.78 is 5.39. The van der Waals surface area contributed by atoms with Crippen LogP contribution in [0, 0.1) is 0 Å². The van der Waals surface area contributed by atoms with E-state index in [1.54, 1.807) is 14.0 Å². The SMILES string of the molecule is CCNC(=NCCc1ccccc1OC)N1CCN(C(C)=O)CC1.I. The number of carbonyl (C=O) groups excluding carboxylic acids is 1. The van der Waals surface area contributed by atoms with Gasteiger partial charge in [0.2, 0.25) is 5.91 Å². The Kier molecular flexibility index (Phi) is 9.62. The third-order valence-electron chi connectivity index (χ3n) is 4.19. The van der Waals surface area contributed by atoms with Crippen LogP contribution in [0.1, 0.15) is 19.4 Å². The minimum atomic E-state index is 0. The molecule has 1 fully saturated rings. The number of nitrogens with one attached hydrogen (secondary N) is 1. The van der Waals surface area contributed by atoms with E-state index in [0.29, 0.717) is 6.54 Å². The lowest BCUT2D eigenvalue weighted by Gasteiger charge is -2.36. The monoisotopic (exact) mass is 460 g/mol. The van der Waals surface area contributed by atoms with Crippen LogP contribution >= 0.6 is 24.0 Å². The number of halogens is 1. The van der Waals surface area contributed by atoms with Crippen molar-refractivity contribution in [2.24, 2.45) is 4.99 Å². The van der Waals surface area contributed by atoms with E-state index in [0.717, 1.165) is 50.9 Å². The molecule has 1 saturated heterocycles. The first-order chi connectivity index (χ1) is 11.7. The van der Waals surface area contributed by atoms with Gasteiger partial charge >= 0.3 is 0 Å². The zero-order valence-corrected chi connectivity index (χ0v) is 17.7. The molecule has 0 spiro atoms. The number of hydrogen-bond donors (Lipinski definition) is 1. The van der Waals surface area contributed by atoms with Crippen LogP contribution in [0.25, 0.3) is 0 Å². The van der Waals surface area contributed by atoms with Crippen molar-refractivity contribution in [1.29, 1.82) is 0 Å². The Morgan fingerprint density at radius 2 is 1.84 bits per heavy atom. The molecule has 0 aromatic heterocycles. The van der Waals surface area contributed by atoms with Gasteiger partial charge in [0.05, 0.1) is 7.11 Å². The van der Waals surface area contributed by atoms with Crippen molar-refractivity contribution in [2.45, 2.75) is 20.3 Å². The molecule has 0 radical (unpaired) electrons. The van der Waals surface area contributed by atoms with E-state index in [4.69, 9.17) is 9.73 Å². The van der Waals surface area contributed by atoms with E-state index in [-0.39, 0.29) is 29.9 Å². The number of carbonyl (C=O) groups is 1. The third kappa shape index (κ3) is 6.37. The summed E-state index contributed by atoms with van der Waals surface area (Å²) in [7, 11) is 1.70. The molecular weight excluding hydrogens is 431 g/mol. The summed E-state index contributed by atoms with van der Waals surface area (Å²) in [6.45, 7) is 8.39. The number of nitrogens with zero attached hydrogens (tertiary/aromatic N) is 3. The fourth-order valence-corrected chi connectivity index (χ4v) is 2.85. The van der Waals surface area contributed by atoms with Crippen LogP contribution in [0.2, 0.25) is 0 Å². The highest BCUT2D eigenvalue weighted by molar-refractivity contribution is 14.0. The molecule has 7 heteroatoms. The molecule has 1 aliphatic rings. The number of rotatable bonds is 5. The van der Waals surface area contributed by atoms with Gasteiger partial charge < -0.3 is 19.9 Å². The van der Waals surface area contributed by atoms with Crippen LogP contribution in [0.15, 0.2) is 29.3 Å². The van der Waals surface area contributed by atoms with E-state index >= 15 is 0 Å². The molecule has 1 amide bonds. The summed E-state index contributed by atoms with van der Waals surface area (Å²) >= 11 is 0. The first-order valence-corrected chi connectivity index (χ1v) is 8.56. The van der Waals surface area contributed by atoms with Gasteiger partial charge in [-0.3, -0.25) is 9.79 Å². The zero-order chi connectivity index (χ0) is 17.4. The van der Waals surface area contributed by atoms with E-state index in [9.17, 15) is 4.79 Å². The molecule has 0 unspecified atom stereocenters. The van der Waals surface area contributed by atoms with Gasteiger partial charge in [0, 0.05) is 46.2 Å². The van der Waals surface area contributed by atoms with Crippen molar-refractivity contribution < 1.29 is 9.53 Å². The van der Waals surface area contributed by atoms with Gasteiger partial charge in [-0.2, -0.15) is 0 Å². The topological polar surface area (TPSA) is 57.2 Å². The maximum Gasteiger partial charge on any atom is 0.219 e. The summed E-state index contributed by atoms with van der Waals surface area (Å²) in [5.41, 5.74) is 1.17. The molecule has 1 heterocycles. The molecule has 0 atom stereocenters. The van der Waals surface area contributed by atoms with Crippen LogP contribution in [0.5, 0.6) is 5.75 Å². The van der Waals surface area contributed by atoms with E-state index in [2.05, 4.69) is 23.2 Å². The van der Waals surface area contributed by atoms with Crippen molar-refractivity contribution in [3.8, 4) is 5.75 Å². The minimum absolute atomic E-state index is 0. The number of methoxy groups -OCH3 is 1.